The first-order valence-electron chi connectivity index (χ1n) is 14.1. The largest absolute Gasteiger partial charge is 0.394 e. The molecule has 0 saturated carbocycles. The molecule has 0 aromatic carbocycles. The molecule has 0 bridgehead atoms. The minimum Gasteiger partial charge on any atom is -0.394 e. The van der Waals surface area contributed by atoms with E-state index in [0.29, 0.717) is 0 Å². The van der Waals surface area contributed by atoms with Gasteiger partial charge in [-0.15, -0.1) is 0 Å². The maximum absolute atomic E-state index is 10.6. The molecule has 0 aromatic heterocycles. The lowest BCUT2D eigenvalue weighted by molar-refractivity contribution is -0.268. The number of ether oxygens (including phenoxy) is 7. The Morgan fingerprint density at radius 1 is 0.400 bits per heavy atom. The van der Waals surface area contributed by atoms with Crippen LogP contribution in [0.3, 0.4) is 0 Å². The smallest absolute Gasteiger partial charge is 0.187 e. The van der Waals surface area contributed by atoms with Gasteiger partial charge in [-0.05, 0) is 0 Å². The van der Waals surface area contributed by atoms with Gasteiger partial charge in [0.25, 0.3) is 0 Å². The topological polar surface area (TPSA) is 348 Å². The minimum atomic E-state index is -1.86. The third kappa shape index (κ3) is 7.44. The molecule has 264 valence electrons. The second-order valence-electron chi connectivity index (χ2n) is 11.1. The molecular formula is C24H42O21. The van der Waals surface area contributed by atoms with E-state index in [1.807, 2.05) is 0 Å². The lowest BCUT2D eigenvalue weighted by atomic mass is 10.0. The van der Waals surface area contributed by atoms with Gasteiger partial charge in [0.15, 0.2) is 25.2 Å². The average molecular weight is 667 g/mol. The molecule has 14 N–H and O–H groups in total. The standard InChI is InChI=1S/C24H42O21/c25-1-5(29)17-10(31)14(35)22(43-17)40-7(3-27)19-12(33)16(37)24(45-19)41-8(4-28)20-11(32)15(36)23(44-20)39-6(2-26)18-9(30)13(34)21(38)42-18/h5-38H,1-4H2/t5-,6-,7-,8-,9-,10-,11-,12-,13-,14-,15-,16-,17+,18+,19+,20+,21?,22-,23-,24-/m1/s1. The quantitative estimate of drug-likeness (QED) is 0.0818. The Morgan fingerprint density at radius 2 is 0.711 bits per heavy atom. The Balaban J connectivity index is 1.38. The maximum Gasteiger partial charge on any atom is 0.187 e. The lowest BCUT2D eigenvalue weighted by Gasteiger charge is -2.29. The SMILES string of the molecule is OC[C@@H](O)[C@@H]1O[C@@H](O[C@H](CO)[C@@H]2O[C@@H](O[C@H](CO)[C@@H]3O[C@@H](O[C@H](CO)[C@@H]4OC(O)[C@H](O)[C@H]4O)[C@H](O)[C@H]3O)[C@H](O)[C@H]2O)[C@H](O)[C@H]1O. The van der Waals surface area contributed by atoms with Gasteiger partial charge in [-0.1, -0.05) is 0 Å². The number of aliphatic hydroxyl groups excluding tert-OH is 14. The van der Waals surface area contributed by atoms with E-state index >= 15 is 0 Å². The van der Waals surface area contributed by atoms with E-state index < -0.39 is 149 Å². The van der Waals surface area contributed by atoms with Crippen LogP contribution >= 0.6 is 0 Å². The van der Waals surface area contributed by atoms with Gasteiger partial charge in [0.05, 0.1) is 26.4 Å². The average Bonchev–Trinajstić information content (AvgIpc) is 3.67. The van der Waals surface area contributed by atoms with Crippen LogP contribution in [0.25, 0.3) is 0 Å². The van der Waals surface area contributed by atoms with Crippen molar-refractivity contribution in [2.24, 2.45) is 0 Å². The molecule has 4 rings (SSSR count). The number of aliphatic hydroxyl groups is 14. The van der Waals surface area contributed by atoms with Crippen molar-refractivity contribution in [1.82, 2.24) is 0 Å². The Hall–Kier alpha value is -0.840. The zero-order valence-corrected chi connectivity index (χ0v) is 23.5. The van der Waals surface area contributed by atoms with Gasteiger partial charge in [0.2, 0.25) is 0 Å². The second-order valence-corrected chi connectivity index (χ2v) is 11.1. The van der Waals surface area contributed by atoms with Crippen LogP contribution in [-0.2, 0) is 33.2 Å². The normalized spacial score (nSPS) is 48.1. The van der Waals surface area contributed by atoms with Crippen LogP contribution in [0, 0.1) is 0 Å². The molecule has 0 spiro atoms. The molecule has 0 aromatic rings. The van der Waals surface area contributed by atoms with E-state index in [9.17, 15) is 66.4 Å². The fourth-order valence-electron chi connectivity index (χ4n) is 5.57. The van der Waals surface area contributed by atoms with Crippen molar-refractivity contribution in [1.29, 1.82) is 0 Å². The summed E-state index contributed by atoms with van der Waals surface area (Å²) in [5.41, 5.74) is 0. The second kappa shape index (κ2) is 15.6. The molecular weight excluding hydrogens is 624 g/mol. The Kier molecular flexibility index (Phi) is 12.8. The molecule has 4 aliphatic rings. The summed E-state index contributed by atoms with van der Waals surface area (Å²) >= 11 is 0. The van der Waals surface area contributed by atoms with Crippen molar-refractivity contribution in [3.05, 3.63) is 0 Å². The van der Waals surface area contributed by atoms with Crippen LogP contribution in [0.2, 0.25) is 0 Å². The Bertz CT molecular complexity index is 918. The van der Waals surface area contributed by atoms with Crippen LogP contribution < -0.4 is 0 Å². The molecule has 4 aliphatic heterocycles. The lowest BCUT2D eigenvalue weighted by Crippen LogP contribution is -2.46. The summed E-state index contributed by atoms with van der Waals surface area (Å²) in [4.78, 5) is 0. The Labute approximate surface area is 254 Å². The monoisotopic (exact) mass is 666 g/mol. The highest BCUT2D eigenvalue weighted by atomic mass is 16.8. The fourth-order valence-corrected chi connectivity index (χ4v) is 5.57. The zero-order chi connectivity index (χ0) is 33.3. The predicted molar refractivity (Wildman–Crippen MR) is 134 cm³/mol. The van der Waals surface area contributed by atoms with E-state index in [1.54, 1.807) is 0 Å². The molecule has 4 heterocycles. The van der Waals surface area contributed by atoms with E-state index in [0.717, 1.165) is 0 Å². The van der Waals surface area contributed by atoms with E-state index in [1.165, 1.54) is 0 Å². The van der Waals surface area contributed by atoms with E-state index in [-0.39, 0.29) is 0 Å². The van der Waals surface area contributed by atoms with Gasteiger partial charge in [0.1, 0.15) is 97.7 Å². The van der Waals surface area contributed by atoms with Crippen LogP contribution in [0.4, 0.5) is 0 Å². The molecule has 21 heteroatoms. The number of rotatable bonds is 14. The third-order valence-electron chi connectivity index (χ3n) is 8.18. The molecule has 1 unspecified atom stereocenters. The van der Waals surface area contributed by atoms with Crippen molar-refractivity contribution in [2.75, 3.05) is 26.4 Å². The van der Waals surface area contributed by atoms with Crippen molar-refractivity contribution in [2.45, 2.75) is 123 Å². The molecule has 0 aliphatic carbocycles. The van der Waals surface area contributed by atoms with E-state index in [2.05, 4.69) is 0 Å². The summed E-state index contributed by atoms with van der Waals surface area (Å²) in [7, 11) is 0. The highest BCUT2D eigenvalue weighted by molar-refractivity contribution is 4.98. The first-order chi connectivity index (χ1) is 21.3. The fraction of sp³-hybridized carbons (Fsp3) is 1.00. The van der Waals surface area contributed by atoms with Crippen LogP contribution in [0.1, 0.15) is 0 Å². The van der Waals surface area contributed by atoms with Crippen molar-refractivity contribution < 1.29 is 105 Å². The highest BCUT2D eigenvalue weighted by Crippen LogP contribution is 2.34. The Morgan fingerprint density at radius 3 is 1.02 bits per heavy atom. The molecule has 20 atom stereocenters. The van der Waals surface area contributed by atoms with Gasteiger partial charge >= 0.3 is 0 Å². The number of hydrogen-bond acceptors (Lipinski definition) is 21. The van der Waals surface area contributed by atoms with Crippen LogP contribution in [-0.4, -0.2) is 221 Å². The molecule has 45 heavy (non-hydrogen) atoms. The van der Waals surface area contributed by atoms with Crippen LogP contribution in [0.5, 0.6) is 0 Å². The summed E-state index contributed by atoms with van der Waals surface area (Å²) < 4.78 is 37.6. The van der Waals surface area contributed by atoms with Gasteiger partial charge in [-0.2, -0.15) is 0 Å². The molecule has 0 amide bonds. The maximum atomic E-state index is 10.6. The third-order valence-corrected chi connectivity index (χ3v) is 8.18. The van der Waals surface area contributed by atoms with E-state index in [4.69, 9.17) is 38.3 Å². The summed E-state index contributed by atoms with van der Waals surface area (Å²) in [5, 5.41) is 141. The zero-order valence-electron chi connectivity index (χ0n) is 23.5. The predicted octanol–water partition coefficient (Wildman–Crippen LogP) is -9.75. The van der Waals surface area contributed by atoms with Gasteiger partial charge in [-0.3, -0.25) is 0 Å². The molecule has 4 fully saturated rings. The summed E-state index contributed by atoms with van der Waals surface area (Å²) in [6.07, 6.45) is -33.5. The molecule has 21 nitrogen and oxygen atoms in total. The van der Waals surface area contributed by atoms with Gasteiger partial charge in [-0.25, -0.2) is 0 Å². The van der Waals surface area contributed by atoms with Crippen molar-refractivity contribution in [3.8, 4) is 0 Å². The van der Waals surface area contributed by atoms with Crippen molar-refractivity contribution in [3.63, 3.8) is 0 Å². The number of hydrogen-bond donors (Lipinski definition) is 14. The molecule has 0 radical (unpaired) electrons. The summed E-state index contributed by atoms with van der Waals surface area (Å²) in [6, 6.07) is 0. The minimum absolute atomic E-state index is 0.816. The van der Waals surface area contributed by atoms with Gasteiger partial charge in [0, 0.05) is 0 Å². The first-order valence-corrected chi connectivity index (χ1v) is 14.1. The summed E-state index contributed by atoms with van der Waals surface area (Å²) in [6.45, 7) is -3.48. The van der Waals surface area contributed by atoms with Crippen LogP contribution in [0.15, 0.2) is 0 Å². The highest BCUT2D eigenvalue weighted by Gasteiger charge is 2.55. The van der Waals surface area contributed by atoms with Gasteiger partial charge < -0.3 is 105 Å². The first kappa shape index (κ1) is 37.0. The van der Waals surface area contributed by atoms with Crippen molar-refractivity contribution >= 4 is 0 Å². The summed E-state index contributed by atoms with van der Waals surface area (Å²) in [5.74, 6) is 0. The molecule has 4 saturated heterocycles.